The van der Waals surface area contributed by atoms with Gasteiger partial charge in [-0.3, -0.25) is 4.99 Å². The monoisotopic (exact) mass is 650 g/mol. The van der Waals surface area contributed by atoms with Gasteiger partial charge in [0.15, 0.2) is 17.5 Å². The number of para-hydroxylation sites is 1. The van der Waals surface area contributed by atoms with Crippen LogP contribution in [-0.4, -0.2) is 21.2 Å². The van der Waals surface area contributed by atoms with Crippen LogP contribution < -0.4 is 0 Å². The average Bonchev–Trinajstić information content (AvgIpc) is 3.20. The van der Waals surface area contributed by atoms with Gasteiger partial charge in [0.1, 0.15) is 0 Å². The number of aromatic nitrogens is 3. The zero-order valence-corrected chi connectivity index (χ0v) is 28.7. The molecule has 0 spiro atoms. The fourth-order valence-corrected chi connectivity index (χ4v) is 7.80. The molecule has 0 radical (unpaired) electrons. The van der Waals surface area contributed by atoms with Crippen molar-refractivity contribution in [3.8, 4) is 34.2 Å². The van der Waals surface area contributed by atoms with Gasteiger partial charge in [0.05, 0.1) is 5.69 Å². The molecule has 5 aromatic carbocycles. The summed E-state index contributed by atoms with van der Waals surface area (Å²) in [7, 11) is 0. The van der Waals surface area contributed by atoms with Gasteiger partial charge in [-0.2, -0.15) is 0 Å². The first-order chi connectivity index (χ1) is 24.7. The molecule has 0 unspecified atom stereocenters. The minimum Gasteiger partial charge on any atom is -0.260 e. The second-order valence-corrected chi connectivity index (χ2v) is 13.7. The van der Waals surface area contributed by atoms with Crippen LogP contribution >= 0.6 is 0 Å². The summed E-state index contributed by atoms with van der Waals surface area (Å²) in [6.07, 6.45) is 18.3. The first-order valence-corrected chi connectivity index (χ1v) is 18.1. The summed E-state index contributed by atoms with van der Waals surface area (Å²) in [6, 6.07) is 40.7. The molecule has 2 aliphatic rings. The van der Waals surface area contributed by atoms with Gasteiger partial charge in [-0.25, -0.2) is 15.0 Å². The maximum absolute atomic E-state index is 5.05. The molecule has 0 atom stereocenters. The third kappa shape index (κ3) is 6.46. The van der Waals surface area contributed by atoms with E-state index in [1.807, 2.05) is 18.2 Å². The lowest BCUT2D eigenvalue weighted by atomic mass is 9.67. The minimum atomic E-state index is 0.116. The summed E-state index contributed by atoms with van der Waals surface area (Å²) in [4.78, 5) is 19.8. The second-order valence-electron chi connectivity index (χ2n) is 13.7. The minimum absolute atomic E-state index is 0.116. The molecule has 1 aromatic heterocycles. The largest absolute Gasteiger partial charge is 0.260 e. The van der Waals surface area contributed by atoms with Gasteiger partial charge in [-0.1, -0.05) is 147 Å². The number of hydrogen-bond donors (Lipinski definition) is 0. The number of rotatable bonds is 8. The Bertz CT molecular complexity index is 2220. The van der Waals surface area contributed by atoms with E-state index in [4.69, 9.17) is 19.9 Å². The van der Waals surface area contributed by atoms with Crippen LogP contribution in [0, 0.1) is 0 Å². The van der Waals surface area contributed by atoms with Crippen LogP contribution in [0.4, 0.5) is 5.69 Å². The van der Waals surface area contributed by atoms with Crippen LogP contribution in [-0.2, 0) is 11.8 Å². The van der Waals surface area contributed by atoms with Gasteiger partial charge in [0, 0.05) is 28.5 Å². The second kappa shape index (κ2) is 14.2. The zero-order valence-electron chi connectivity index (χ0n) is 28.7. The Kier molecular flexibility index (Phi) is 9.00. The summed E-state index contributed by atoms with van der Waals surface area (Å²) in [6.45, 7) is 2.14. The summed E-state index contributed by atoms with van der Waals surface area (Å²) in [5.74, 6) is 2.06. The van der Waals surface area contributed by atoms with Crippen LogP contribution in [0.25, 0.3) is 50.5 Å². The molecular formula is C46H42N4. The number of allylic oxidation sites excluding steroid dienone is 4. The van der Waals surface area contributed by atoms with Crippen molar-refractivity contribution in [2.45, 2.75) is 63.7 Å². The fraction of sp³-hybridized carbons (Fsp3) is 0.217. The Labute approximate surface area is 295 Å². The first kappa shape index (κ1) is 31.8. The third-order valence-electron chi connectivity index (χ3n) is 10.6. The van der Waals surface area contributed by atoms with Crippen LogP contribution in [0.3, 0.4) is 0 Å². The Hall–Kier alpha value is -5.48. The van der Waals surface area contributed by atoms with E-state index in [0.29, 0.717) is 17.5 Å². The molecule has 50 heavy (non-hydrogen) atoms. The quantitative estimate of drug-likeness (QED) is 0.154. The number of nitrogens with zero attached hydrogens (tertiary/aromatic N) is 4. The molecule has 0 amide bonds. The Balaban J connectivity index is 1.11. The van der Waals surface area contributed by atoms with E-state index in [0.717, 1.165) is 41.6 Å². The Morgan fingerprint density at radius 3 is 2.10 bits per heavy atom. The number of aliphatic imine (C=N–C) groups is 1. The van der Waals surface area contributed by atoms with Crippen molar-refractivity contribution in [3.63, 3.8) is 0 Å². The summed E-state index contributed by atoms with van der Waals surface area (Å²) < 4.78 is 0. The van der Waals surface area contributed by atoms with Crippen molar-refractivity contribution in [3.05, 3.63) is 150 Å². The number of fused-ring (bicyclic) bond motifs is 2. The number of aryl methyl sites for hydroxylation is 1. The van der Waals surface area contributed by atoms with Gasteiger partial charge in [0.2, 0.25) is 0 Å². The molecule has 6 aromatic rings. The van der Waals surface area contributed by atoms with E-state index in [1.54, 1.807) is 0 Å². The van der Waals surface area contributed by atoms with Crippen LogP contribution in [0.2, 0.25) is 0 Å². The molecule has 1 aliphatic heterocycles. The fourth-order valence-electron chi connectivity index (χ4n) is 7.80. The molecule has 246 valence electrons. The highest BCUT2D eigenvalue weighted by Gasteiger charge is 2.33. The lowest BCUT2D eigenvalue weighted by Crippen LogP contribution is -2.28. The van der Waals surface area contributed by atoms with E-state index in [9.17, 15) is 0 Å². The van der Waals surface area contributed by atoms with E-state index in [-0.39, 0.29) is 5.41 Å². The smallest absolute Gasteiger partial charge is 0.164 e. The number of benzene rings is 5. The Morgan fingerprint density at radius 1 is 0.660 bits per heavy atom. The van der Waals surface area contributed by atoms with Crippen molar-refractivity contribution < 1.29 is 0 Å². The molecule has 8 rings (SSSR count). The van der Waals surface area contributed by atoms with Crippen LogP contribution in [0.15, 0.2) is 138 Å². The lowest BCUT2D eigenvalue weighted by Gasteiger charge is -2.37. The molecule has 1 fully saturated rings. The summed E-state index contributed by atoms with van der Waals surface area (Å²) in [5.41, 5.74) is 9.44. The van der Waals surface area contributed by atoms with Gasteiger partial charge in [-0.15, -0.1) is 0 Å². The van der Waals surface area contributed by atoms with Crippen molar-refractivity contribution in [1.29, 1.82) is 0 Å². The van der Waals surface area contributed by atoms with Crippen LogP contribution in [0.1, 0.15) is 68.6 Å². The molecule has 0 bridgehead atoms. The van der Waals surface area contributed by atoms with Gasteiger partial charge < -0.3 is 0 Å². The number of hydrogen-bond acceptors (Lipinski definition) is 4. The molecule has 4 nitrogen and oxygen atoms in total. The lowest BCUT2D eigenvalue weighted by molar-refractivity contribution is 0.295. The molecular weight excluding hydrogens is 609 g/mol. The molecule has 0 N–H and O–H groups in total. The van der Waals surface area contributed by atoms with Gasteiger partial charge in [0.25, 0.3) is 0 Å². The molecule has 4 heteroatoms. The van der Waals surface area contributed by atoms with Crippen molar-refractivity contribution in [2.75, 3.05) is 0 Å². The summed E-state index contributed by atoms with van der Waals surface area (Å²) in [5, 5.41) is 2.37. The van der Waals surface area contributed by atoms with Gasteiger partial charge >= 0.3 is 0 Å². The molecule has 1 aliphatic carbocycles. The van der Waals surface area contributed by atoms with Crippen molar-refractivity contribution in [1.82, 2.24) is 15.0 Å². The predicted molar refractivity (Wildman–Crippen MR) is 209 cm³/mol. The van der Waals surface area contributed by atoms with E-state index in [2.05, 4.69) is 128 Å². The predicted octanol–water partition coefficient (Wildman–Crippen LogP) is 11.9. The standard InChI is InChI=1S/C46H42N4/c1-2-33(41-21-11-18-35-20-13-31-47-42(35)41)19-12-30-46(28-9-4-10-29-46)40-26-24-37(25-27-40)44-48-43(36-15-5-3-6-16-36)49-45(50-44)39-23-22-34-14-7-8-17-38(34)32-39/h2-3,5-8,11-12,14-19,21-27,31-32H,4,9-10,13,20,28-30H2,1H3/b19-12-,33-2+. The molecule has 1 saturated carbocycles. The van der Waals surface area contributed by atoms with E-state index in [1.165, 1.54) is 65.1 Å². The van der Waals surface area contributed by atoms with E-state index >= 15 is 0 Å². The normalized spacial score (nSPS) is 15.7. The SMILES string of the molecule is C/C=C(\C=C/CC1(c2ccc(-c3nc(-c4ccccc4)nc(-c4ccc5ccccc5c4)n3)cc2)CCCCC1)c1cccc2c1N=CCC2. The van der Waals surface area contributed by atoms with Crippen molar-refractivity contribution >= 4 is 28.2 Å². The van der Waals surface area contributed by atoms with Crippen LogP contribution in [0.5, 0.6) is 0 Å². The first-order valence-electron chi connectivity index (χ1n) is 18.1. The Morgan fingerprint density at radius 2 is 1.34 bits per heavy atom. The summed E-state index contributed by atoms with van der Waals surface area (Å²) >= 11 is 0. The maximum atomic E-state index is 5.05. The van der Waals surface area contributed by atoms with E-state index < -0.39 is 0 Å². The average molecular weight is 651 g/mol. The maximum Gasteiger partial charge on any atom is 0.164 e. The molecule has 0 saturated heterocycles. The zero-order chi connectivity index (χ0) is 33.8. The highest BCUT2D eigenvalue weighted by atomic mass is 15.0. The van der Waals surface area contributed by atoms with Crippen molar-refractivity contribution in [2.24, 2.45) is 4.99 Å². The highest BCUT2D eigenvalue weighted by molar-refractivity contribution is 5.87. The molecule has 2 heterocycles. The third-order valence-corrected chi connectivity index (χ3v) is 10.6. The highest BCUT2D eigenvalue weighted by Crippen LogP contribution is 2.43. The topological polar surface area (TPSA) is 51.0 Å². The van der Waals surface area contributed by atoms with Gasteiger partial charge in [-0.05, 0) is 78.0 Å².